The maximum Gasteiger partial charge on any atom is -0.0165 e. The molecule has 0 fully saturated rings. The van der Waals surface area contributed by atoms with E-state index >= 15 is 0 Å². The predicted molar refractivity (Wildman–Crippen MR) is 36.2 cm³/mol. The summed E-state index contributed by atoms with van der Waals surface area (Å²) in [6.45, 7) is 6.33. The molecule has 0 amide bonds. The van der Waals surface area contributed by atoms with E-state index in [9.17, 15) is 0 Å². The predicted octanol–water partition coefficient (Wildman–Crippen LogP) is 2.61. The lowest BCUT2D eigenvalue weighted by Gasteiger charge is -1.99. The largest absolute Gasteiger partial charge is 0.0628 e. The lowest BCUT2D eigenvalue weighted by molar-refractivity contribution is 0.628. The van der Waals surface area contributed by atoms with Crippen molar-refractivity contribution in [2.75, 3.05) is 0 Å². The Balaban J connectivity index is 2.72. The van der Waals surface area contributed by atoms with Crippen molar-refractivity contribution in [3.63, 3.8) is 0 Å². The molecule has 0 heterocycles. The molecule has 0 nitrogen and oxygen atoms in total. The molecule has 0 aliphatic rings. The minimum atomic E-state index is 0.753. The van der Waals surface area contributed by atoms with Crippen molar-refractivity contribution >= 4 is 0 Å². The van der Waals surface area contributed by atoms with Gasteiger partial charge in [-0.1, -0.05) is 20.8 Å². The standard InChI is InChI=1S/C8H14/c1-4-5-6-7-8(2)3/h8H,5,7H2,1-3H3. The first-order chi connectivity index (χ1) is 3.77. The second-order valence-electron chi connectivity index (χ2n) is 2.38. The zero-order chi connectivity index (χ0) is 6.41. The quantitative estimate of drug-likeness (QED) is 0.488. The van der Waals surface area contributed by atoms with Crippen LogP contribution < -0.4 is 0 Å². The topological polar surface area (TPSA) is 0 Å². The van der Waals surface area contributed by atoms with Crippen molar-refractivity contribution in [1.29, 1.82) is 0 Å². The summed E-state index contributed by atoms with van der Waals surface area (Å²) in [5.41, 5.74) is 0. The molecule has 0 spiro atoms. The summed E-state index contributed by atoms with van der Waals surface area (Å²) in [4.78, 5) is 0. The maximum absolute atomic E-state index is 3.22. The zero-order valence-corrected chi connectivity index (χ0v) is 5.99. The van der Waals surface area contributed by atoms with Crippen molar-refractivity contribution in [2.24, 2.45) is 5.92 Å². The molecule has 0 aliphatic heterocycles. The van der Waals surface area contributed by atoms with Crippen LogP contribution in [0.1, 0.15) is 33.6 Å². The Bertz CT molecular complexity index is 37.3. The lowest BCUT2D eigenvalue weighted by Crippen LogP contribution is -1.86. The summed E-state index contributed by atoms with van der Waals surface area (Å²) in [6, 6.07) is 0. The summed E-state index contributed by atoms with van der Waals surface area (Å²) in [6.07, 6.45) is 8.25. The Kier molecular flexibility index (Phi) is 5.14. The van der Waals surface area contributed by atoms with Crippen LogP contribution in [0.25, 0.3) is 0 Å². The van der Waals surface area contributed by atoms with E-state index in [4.69, 9.17) is 0 Å². The number of hydrogen-bond acceptors (Lipinski definition) is 0. The van der Waals surface area contributed by atoms with Crippen molar-refractivity contribution < 1.29 is 0 Å². The molecule has 46 valence electrons. The van der Waals surface area contributed by atoms with E-state index in [1.807, 2.05) is 6.92 Å². The van der Waals surface area contributed by atoms with Crippen LogP contribution in [0.5, 0.6) is 0 Å². The summed E-state index contributed by atoms with van der Waals surface area (Å²) >= 11 is 0. The maximum atomic E-state index is 3.22. The second-order valence-corrected chi connectivity index (χ2v) is 2.38. The highest BCUT2D eigenvalue weighted by Crippen LogP contribution is 2.05. The lowest BCUT2D eigenvalue weighted by atomic mass is 10.1. The van der Waals surface area contributed by atoms with Crippen molar-refractivity contribution in [3.8, 4) is 0 Å². The molecule has 0 aromatic rings. The third-order valence-electron chi connectivity index (χ3n) is 0.854. The van der Waals surface area contributed by atoms with E-state index in [0.717, 1.165) is 18.8 Å². The van der Waals surface area contributed by atoms with Gasteiger partial charge in [0.25, 0.3) is 0 Å². The molecule has 0 aromatic heterocycles. The molecule has 0 aliphatic carbocycles. The molecular weight excluding hydrogens is 96.1 g/mol. The smallest absolute Gasteiger partial charge is 0.0165 e. The van der Waals surface area contributed by atoms with Gasteiger partial charge in [-0.25, -0.2) is 0 Å². The van der Waals surface area contributed by atoms with Gasteiger partial charge in [0.05, 0.1) is 0 Å². The van der Waals surface area contributed by atoms with Crippen molar-refractivity contribution in [2.45, 2.75) is 33.6 Å². The van der Waals surface area contributed by atoms with Gasteiger partial charge in [-0.2, -0.15) is 0 Å². The summed E-state index contributed by atoms with van der Waals surface area (Å²) in [5, 5.41) is 0. The summed E-state index contributed by atoms with van der Waals surface area (Å²) < 4.78 is 0. The van der Waals surface area contributed by atoms with Gasteiger partial charge in [0.1, 0.15) is 0 Å². The van der Waals surface area contributed by atoms with Crippen LogP contribution in [0.4, 0.5) is 0 Å². The van der Waals surface area contributed by atoms with Gasteiger partial charge in [0.15, 0.2) is 0 Å². The average Bonchev–Trinajstić information content (AvgIpc) is 1.66. The Morgan fingerprint density at radius 1 is 1.38 bits per heavy atom. The monoisotopic (exact) mass is 110 g/mol. The Labute approximate surface area is 53.3 Å². The van der Waals surface area contributed by atoms with Crippen LogP contribution in [0.3, 0.4) is 0 Å². The van der Waals surface area contributed by atoms with Gasteiger partial charge < -0.3 is 0 Å². The highest BCUT2D eigenvalue weighted by Gasteiger charge is 1.91. The first-order valence-electron chi connectivity index (χ1n) is 3.12. The Hall–Kier alpha value is 0. The molecular formula is C8H14. The molecule has 0 saturated carbocycles. The van der Waals surface area contributed by atoms with Crippen molar-refractivity contribution in [1.82, 2.24) is 0 Å². The van der Waals surface area contributed by atoms with Crippen molar-refractivity contribution in [3.05, 3.63) is 12.8 Å². The minimum Gasteiger partial charge on any atom is -0.0628 e. The van der Waals surface area contributed by atoms with Gasteiger partial charge in [-0.3, -0.25) is 0 Å². The fraction of sp³-hybridized carbons (Fsp3) is 0.750. The van der Waals surface area contributed by atoms with Crippen LogP contribution in [0.15, 0.2) is 0 Å². The van der Waals surface area contributed by atoms with Crippen LogP contribution in [0, 0.1) is 18.8 Å². The third kappa shape index (κ3) is 6.00. The van der Waals surface area contributed by atoms with E-state index in [-0.39, 0.29) is 0 Å². The second kappa shape index (κ2) is 5.14. The molecule has 0 bridgehead atoms. The van der Waals surface area contributed by atoms with E-state index in [1.165, 1.54) is 0 Å². The minimum absolute atomic E-state index is 0.753. The summed E-state index contributed by atoms with van der Waals surface area (Å²) in [7, 11) is 0. The van der Waals surface area contributed by atoms with Crippen LogP contribution >= 0.6 is 0 Å². The molecule has 0 N–H and O–H groups in total. The highest BCUT2D eigenvalue weighted by molar-refractivity contribution is 4.72. The van der Waals surface area contributed by atoms with E-state index < -0.39 is 0 Å². The zero-order valence-electron chi connectivity index (χ0n) is 5.99. The Morgan fingerprint density at radius 3 is 2.38 bits per heavy atom. The molecule has 0 atom stereocenters. The average molecular weight is 110 g/mol. The van der Waals surface area contributed by atoms with E-state index in [0.29, 0.717) is 0 Å². The number of unbranched alkanes of at least 4 members (excludes halogenated alkanes) is 2. The SMILES string of the molecule is C[C]C[C]CC(C)C. The van der Waals surface area contributed by atoms with Crippen LogP contribution in [0.2, 0.25) is 0 Å². The van der Waals surface area contributed by atoms with Gasteiger partial charge >= 0.3 is 0 Å². The molecule has 0 heteroatoms. The number of rotatable bonds is 4. The molecule has 0 saturated heterocycles. The fourth-order valence-corrected chi connectivity index (χ4v) is 0.486. The Morgan fingerprint density at radius 2 is 2.00 bits per heavy atom. The van der Waals surface area contributed by atoms with E-state index in [2.05, 4.69) is 26.7 Å². The van der Waals surface area contributed by atoms with Gasteiger partial charge in [0.2, 0.25) is 0 Å². The highest BCUT2D eigenvalue weighted by atomic mass is 14.0. The van der Waals surface area contributed by atoms with Crippen LogP contribution in [-0.2, 0) is 0 Å². The van der Waals surface area contributed by atoms with Gasteiger partial charge in [-0.15, -0.1) is 0 Å². The molecule has 4 radical (unpaired) electrons. The number of hydrogen-bond donors (Lipinski definition) is 0. The van der Waals surface area contributed by atoms with Crippen LogP contribution in [-0.4, -0.2) is 0 Å². The third-order valence-corrected chi connectivity index (χ3v) is 0.854. The molecule has 8 heavy (non-hydrogen) atoms. The fourth-order valence-electron chi connectivity index (χ4n) is 0.486. The molecule has 0 unspecified atom stereocenters. The van der Waals surface area contributed by atoms with Gasteiger partial charge in [-0.05, 0) is 31.6 Å². The van der Waals surface area contributed by atoms with Gasteiger partial charge in [0, 0.05) is 0 Å². The molecule has 0 rings (SSSR count). The first kappa shape index (κ1) is 8.00. The summed E-state index contributed by atoms with van der Waals surface area (Å²) in [5.74, 6) is 0.753. The first-order valence-corrected chi connectivity index (χ1v) is 3.12. The normalized spacial score (nSPS) is 10.5. The van der Waals surface area contributed by atoms with E-state index in [1.54, 1.807) is 0 Å². The molecule has 0 aromatic carbocycles.